The van der Waals surface area contributed by atoms with E-state index in [0.717, 1.165) is 4.90 Å². The number of benzene rings is 1. The van der Waals surface area contributed by atoms with E-state index in [-0.39, 0.29) is 0 Å². The molecule has 1 fully saturated rings. The van der Waals surface area contributed by atoms with E-state index < -0.39 is 24.0 Å². The van der Waals surface area contributed by atoms with Gasteiger partial charge in [0.15, 0.2) is 0 Å². The number of imide groups is 1. The van der Waals surface area contributed by atoms with E-state index >= 15 is 0 Å². The highest BCUT2D eigenvalue weighted by molar-refractivity contribution is 5.97. The van der Waals surface area contributed by atoms with Crippen molar-refractivity contribution in [1.82, 2.24) is 15.1 Å². The first kappa shape index (κ1) is 13.9. The summed E-state index contributed by atoms with van der Waals surface area (Å²) in [6, 6.07) is 6.69. The number of primary amides is 1. The van der Waals surface area contributed by atoms with Gasteiger partial charge in [0.05, 0.1) is 0 Å². The molecule has 0 saturated carbocycles. The molecule has 1 aromatic carbocycles. The Morgan fingerprint density at radius 3 is 2.40 bits per heavy atom. The Morgan fingerprint density at radius 1 is 1.25 bits per heavy atom. The van der Waals surface area contributed by atoms with Crippen LogP contribution in [0.15, 0.2) is 30.3 Å². The number of urea groups is 2. The first-order valence-electron chi connectivity index (χ1n) is 6.18. The average Bonchev–Trinajstić information content (AvgIpc) is 2.77. The fraction of sp³-hybridized carbons (Fsp3) is 0.308. The van der Waals surface area contributed by atoms with E-state index in [1.807, 2.05) is 0 Å². The van der Waals surface area contributed by atoms with Crippen LogP contribution >= 0.6 is 0 Å². The molecule has 20 heavy (non-hydrogen) atoms. The number of carbonyl (C=O) groups excluding carboxylic acids is 3. The molecule has 0 radical (unpaired) electrons. The first-order valence-corrected chi connectivity index (χ1v) is 6.18. The number of hydrogen-bond donors (Lipinski definition) is 2. The number of amides is 5. The molecule has 1 heterocycles. The lowest BCUT2D eigenvalue weighted by Crippen LogP contribution is -2.46. The molecule has 1 saturated heterocycles. The van der Waals surface area contributed by atoms with Crippen molar-refractivity contribution >= 4 is 18.0 Å². The molecular weight excluding hydrogens is 260 g/mol. The molecule has 1 unspecified atom stereocenters. The fourth-order valence-electron chi connectivity index (χ4n) is 2.00. The third kappa shape index (κ3) is 2.71. The Hall–Kier alpha value is -2.57. The zero-order valence-corrected chi connectivity index (χ0v) is 11.1. The molecule has 106 valence electrons. The second-order valence-electron chi connectivity index (χ2n) is 4.55. The molecule has 0 spiro atoms. The van der Waals surface area contributed by atoms with E-state index in [4.69, 9.17) is 5.73 Å². The Bertz CT molecular complexity index is 532. The minimum atomic E-state index is -0.956. The van der Waals surface area contributed by atoms with E-state index in [9.17, 15) is 14.4 Å². The first-order chi connectivity index (χ1) is 9.50. The molecular formula is C13H16N4O3. The van der Waals surface area contributed by atoms with Crippen LogP contribution in [0.1, 0.15) is 11.6 Å². The van der Waals surface area contributed by atoms with Crippen LogP contribution in [-0.4, -0.2) is 47.9 Å². The maximum absolute atomic E-state index is 12.0. The van der Waals surface area contributed by atoms with E-state index in [1.165, 1.54) is 4.90 Å². The van der Waals surface area contributed by atoms with Crippen molar-refractivity contribution in [3.63, 3.8) is 0 Å². The predicted molar refractivity (Wildman–Crippen MR) is 71.6 cm³/mol. The van der Waals surface area contributed by atoms with Crippen LogP contribution in [0.25, 0.3) is 0 Å². The lowest BCUT2D eigenvalue weighted by molar-refractivity contribution is -0.119. The number of carbonyl (C=O) groups is 3. The molecule has 0 aliphatic carbocycles. The molecule has 3 N–H and O–H groups in total. The summed E-state index contributed by atoms with van der Waals surface area (Å²) in [6.07, 6.45) is 0. The van der Waals surface area contributed by atoms with Crippen LogP contribution in [-0.2, 0) is 4.79 Å². The van der Waals surface area contributed by atoms with Gasteiger partial charge in [0.1, 0.15) is 6.04 Å². The van der Waals surface area contributed by atoms with Crippen molar-refractivity contribution in [1.29, 1.82) is 0 Å². The molecule has 1 atom stereocenters. The molecule has 1 aromatic rings. The topological polar surface area (TPSA) is 95.7 Å². The van der Waals surface area contributed by atoms with E-state index in [1.54, 1.807) is 37.4 Å². The largest absolute Gasteiger partial charge is 0.368 e. The highest BCUT2D eigenvalue weighted by Crippen LogP contribution is 2.14. The summed E-state index contributed by atoms with van der Waals surface area (Å²) >= 11 is 0. The van der Waals surface area contributed by atoms with E-state index in [0.29, 0.717) is 18.7 Å². The Kier molecular flexibility index (Phi) is 3.88. The van der Waals surface area contributed by atoms with Gasteiger partial charge in [-0.05, 0) is 5.56 Å². The van der Waals surface area contributed by atoms with Crippen LogP contribution < -0.4 is 11.1 Å². The molecule has 2 rings (SSSR count). The number of nitrogens with one attached hydrogen (secondary N) is 1. The van der Waals surface area contributed by atoms with Crippen molar-refractivity contribution in [3.8, 4) is 0 Å². The number of nitrogens with zero attached hydrogens (tertiary/aromatic N) is 2. The van der Waals surface area contributed by atoms with Crippen LogP contribution in [0.3, 0.4) is 0 Å². The van der Waals surface area contributed by atoms with Crippen LogP contribution in [0.4, 0.5) is 9.59 Å². The normalized spacial score (nSPS) is 16.1. The molecule has 0 bridgehead atoms. The van der Waals surface area contributed by atoms with Crippen molar-refractivity contribution in [2.75, 3.05) is 20.1 Å². The average molecular weight is 276 g/mol. The second-order valence-corrected chi connectivity index (χ2v) is 4.55. The Morgan fingerprint density at radius 2 is 1.90 bits per heavy atom. The predicted octanol–water partition coefficient (Wildman–Crippen LogP) is 0.290. The minimum absolute atomic E-state index is 0.293. The standard InChI is InChI=1S/C13H16N4O3/c1-16-7-8-17(13(16)20)12(19)15-10(11(14)18)9-5-3-2-4-6-9/h2-6,10H,7-8H2,1H3,(H2,14,18)(H,15,19). The number of hydrogen-bond acceptors (Lipinski definition) is 3. The molecule has 1 aliphatic heterocycles. The SMILES string of the molecule is CN1CCN(C(=O)NC(C(N)=O)c2ccccc2)C1=O. The Labute approximate surface area is 116 Å². The van der Waals surface area contributed by atoms with Crippen LogP contribution in [0, 0.1) is 0 Å². The number of likely N-dealkylation sites (N-methyl/N-ethyl adjacent to an activating group) is 1. The molecule has 7 nitrogen and oxygen atoms in total. The third-order valence-corrected chi connectivity index (χ3v) is 3.15. The minimum Gasteiger partial charge on any atom is -0.368 e. The Balaban J connectivity index is 2.12. The lowest BCUT2D eigenvalue weighted by Gasteiger charge is -2.20. The number of rotatable bonds is 3. The van der Waals surface area contributed by atoms with Crippen molar-refractivity contribution in [2.45, 2.75) is 6.04 Å². The van der Waals surface area contributed by atoms with Gasteiger partial charge in [0, 0.05) is 20.1 Å². The monoisotopic (exact) mass is 276 g/mol. The van der Waals surface area contributed by atoms with Gasteiger partial charge in [-0.1, -0.05) is 30.3 Å². The summed E-state index contributed by atoms with van der Waals surface area (Å²) < 4.78 is 0. The van der Waals surface area contributed by atoms with Gasteiger partial charge in [-0.15, -0.1) is 0 Å². The van der Waals surface area contributed by atoms with Gasteiger partial charge in [-0.2, -0.15) is 0 Å². The summed E-state index contributed by atoms with van der Waals surface area (Å²) in [5.41, 5.74) is 5.89. The fourth-order valence-corrected chi connectivity index (χ4v) is 2.00. The van der Waals surface area contributed by atoms with Crippen LogP contribution in [0.5, 0.6) is 0 Å². The lowest BCUT2D eigenvalue weighted by atomic mass is 10.1. The quantitative estimate of drug-likeness (QED) is 0.830. The van der Waals surface area contributed by atoms with Crippen molar-refractivity contribution < 1.29 is 14.4 Å². The molecule has 1 aliphatic rings. The van der Waals surface area contributed by atoms with Crippen LogP contribution in [0.2, 0.25) is 0 Å². The molecule has 5 amide bonds. The van der Waals surface area contributed by atoms with Crippen molar-refractivity contribution in [2.24, 2.45) is 5.73 Å². The van der Waals surface area contributed by atoms with Gasteiger partial charge in [-0.3, -0.25) is 4.79 Å². The van der Waals surface area contributed by atoms with Gasteiger partial charge in [0.25, 0.3) is 0 Å². The van der Waals surface area contributed by atoms with Gasteiger partial charge in [-0.25, -0.2) is 14.5 Å². The summed E-state index contributed by atoms with van der Waals surface area (Å²) in [7, 11) is 1.61. The maximum atomic E-state index is 12.0. The summed E-state index contributed by atoms with van der Waals surface area (Å²) in [6.45, 7) is 0.764. The van der Waals surface area contributed by atoms with Crippen molar-refractivity contribution in [3.05, 3.63) is 35.9 Å². The maximum Gasteiger partial charge on any atom is 0.328 e. The van der Waals surface area contributed by atoms with Gasteiger partial charge in [0.2, 0.25) is 5.91 Å². The third-order valence-electron chi connectivity index (χ3n) is 3.15. The number of nitrogens with two attached hydrogens (primary N) is 1. The van der Waals surface area contributed by atoms with E-state index in [2.05, 4.69) is 5.32 Å². The highest BCUT2D eigenvalue weighted by atomic mass is 16.2. The summed E-state index contributed by atoms with van der Waals surface area (Å²) in [5, 5.41) is 2.49. The molecule has 7 heteroatoms. The highest BCUT2D eigenvalue weighted by Gasteiger charge is 2.32. The van der Waals surface area contributed by atoms with Gasteiger partial charge < -0.3 is 16.0 Å². The smallest absolute Gasteiger partial charge is 0.328 e. The zero-order valence-electron chi connectivity index (χ0n) is 11.1. The summed E-state index contributed by atoms with van der Waals surface area (Å²) in [5.74, 6) is -0.676. The second kappa shape index (κ2) is 5.60. The molecule has 0 aromatic heterocycles. The zero-order chi connectivity index (χ0) is 14.7. The van der Waals surface area contributed by atoms with Gasteiger partial charge >= 0.3 is 12.1 Å². The summed E-state index contributed by atoms with van der Waals surface area (Å²) in [4.78, 5) is 37.7.